The zero-order valence-electron chi connectivity index (χ0n) is 9.33. The first-order valence-electron chi connectivity index (χ1n) is 5.19. The molecule has 1 heterocycles. The second kappa shape index (κ2) is 5.52. The van der Waals surface area contributed by atoms with Crippen LogP contribution in [-0.2, 0) is 4.79 Å². The number of hydrogen-bond donors (Lipinski definition) is 1. The summed E-state index contributed by atoms with van der Waals surface area (Å²) in [6, 6.07) is 9.79. The summed E-state index contributed by atoms with van der Waals surface area (Å²) in [6.45, 7) is 0. The van der Waals surface area contributed by atoms with Gasteiger partial charge in [-0.1, -0.05) is 0 Å². The SMILES string of the molecule is O=C=Nc1ccc(C(=O)Nc2cccnc2)cc1. The van der Waals surface area contributed by atoms with Gasteiger partial charge in [-0.2, -0.15) is 4.99 Å². The molecule has 1 aromatic heterocycles. The van der Waals surface area contributed by atoms with Gasteiger partial charge >= 0.3 is 0 Å². The van der Waals surface area contributed by atoms with E-state index in [1.807, 2.05) is 0 Å². The topological polar surface area (TPSA) is 71.4 Å². The molecule has 0 spiro atoms. The summed E-state index contributed by atoms with van der Waals surface area (Å²) in [7, 11) is 0. The van der Waals surface area contributed by atoms with E-state index >= 15 is 0 Å². The lowest BCUT2D eigenvalue weighted by Gasteiger charge is -2.04. The van der Waals surface area contributed by atoms with E-state index in [0.29, 0.717) is 16.9 Å². The summed E-state index contributed by atoms with van der Waals surface area (Å²) in [5, 5.41) is 2.70. The van der Waals surface area contributed by atoms with Crippen molar-refractivity contribution in [2.75, 3.05) is 5.32 Å². The molecule has 0 atom stereocenters. The molecule has 0 fully saturated rings. The summed E-state index contributed by atoms with van der Waals surface area (Å²) in [6.07, 6.45) is 4.62. The van der Waals surface area contributed by atoms with Crippen molar-refractivity contribution < 1.29 is 9.59 Å². The maximum atomic E-state index is 11.8. The molecule has 0 unspecified atom stereocenters. The smallest absolute Gasteiger partial charge is 0.255 e. The molecule has 0 aliphatic carbocycles. The molecule has 0 bridgehead atoms. The number of rotatable bonds is 3. The minimum atomic E-state index is -0.246. The summed E-state index contributed by atoms with van der Waals surface area (Å²) >= 11 is 0. The van der Waals surface area contributed by atoms with Crippen LogP contribution < -0.4 is 5.32 Å². The highest BCUT2D eigenvalue weighted by Gasteiger charge is 2.05. The van der Waals surface area contributed by atoms with E-state index in [4.69, 9.17) is 0 Å². The zero-order valence-corrected chi connectivity index (χ0v) is 9.33. The van der Waals surface area contributed by atoms with Crippen molar-refractivity contribution in [2.24, 2.45) is 4.99 Å². The Morgan fingerprint density at radius 3 is 2.61 bits per heavy atom. The maximum Gasteiger partial charge on any atom is 0.255 e. The molecule has 5 nitrogen and oxygen atoms in total. The standard InChI is InChI=1S/C13H9N3O2/c17-9-15-11-5-3-10(4-6-11)13(18)16-12-2-1-7-14-8-12/h1-8H,(H,16,18). The third-order valence-electron chi connectivity index (χ3n) is 2.22. The van der Waals surface area contributed by atoms with Crippen LogP contribution in [0.1, 0.15) is 10.4 Å². The molecule has 0 saturated carbocycles. The summed E-state index contributed by atoms with van der Waals surface area (Å²) in [4.78, 5) is 29.2. The molecule has 1 N–H and O–H groups in total. The van der Waals surface area contributed by atoms with Crippen LogP contribution in [0.2, 0.25) is 0 Å². The number of carbonyl (C=O) groups is 1. The number of anilines is 1. The minimum absolute atomic E-state index is 0.246. The lowest BCUT2D eigenvalue weighted by Crippen LogP contribution is -2.11. The average Bonchev–Trinajstić information content (AvgIpc) is 2.41. The fraction of sp³-hybridized carbons (Fsp3) is 0. The molecule has 0 saturated heterocycles. The van der Waals surface area contributed by atoms with Crippen molar-refractivity contribution in [3.05, 3.63) is 54.4 Å². The molecule has 88 valence electrons. The predicted octanol–water partition coefficient (Wildman–Crippen LogP) is 2.30. The molecule has 5 heteroatoms. The first-order valence-corrected chi connectivity index (χ1v) is 5.19. The van der Waals surface area contributed by atoms with Crippen LogP contribution in [0.4, 0.5) is 11.4 Å². The number of isocyanates is 1. The first kappa shape index (κ1) is 11.7. The third-order valence-corrected chi connectivity index (χ3v) is 2.22. The number of nitrogens with zero attached hydrogens (tertiary/aromatic N) is 2. The van der Waals surface area contributed by atoms with E-state index in [-0.39, 0.29) is 5.91 Å². The molecule has 2 aromatic rings. The predicted molar refractivity (Wildman–Crippen MR) is 66.4 cm³/mol. The highest BCUT2D eigenvalue weighted by molar-refractivity contribution is 6.04. The van der Waals surface area contributed by atoms with E-state index in [9.17, 15) is 9.59 Å². The molecule has 2 rings (SSSR count). The Balaban J connectivity index is 2.12. The van der Waals surface area contributed by atoms with Crippen LogP contribution in [0, 0.1) is 0 Å². The van der Waals surface area contributed by atoms with Gasteiger partial charge in [-0.3, -0.25) is 9.78 Å². The molecule has 0 radical (unpaired) electrons. The third kappa shape index (κ3) is 2.87. The number of benzene rings is 1. The van der Waals surface area contributed by atoms with Crippen LogP contribution in [-0.4, -0.2) is 17.0 Å². The quantitative estimate of drug-likeness (QED) is 0.659. The number of hydrogen-bond acceptors (Lipinski definition) is 4. The second-order valence-corrected chi connectivity index (χ2v) is 3.45. The van der Waals surface area contributed by atoms with Gasteiger partial charge in [-0.25, -0.2) is 4.79 Å². The highest BCUT2D eigenvalue weighted by atomic mass is 16.1. The van der Waals surface area contributed by atoms with Crippen LogP contribution in [0.15, 0.2) is 53.8 Å². The molecule has 0 aliphatic heterocycles. The number of aliphatic imine (C=N–C) groups is 1. The Morgan fingerprint density at radius 2 is 2.00 bits per heavy atom. The van der Waals surface area contributed by atoms with Crippen LogP contribution in [0.25, 0.3) is 0 Å². The number of aromatic nitrogens is 1. The Hall–Kier alpha value is -2.78. The molecule has 1 aromatic carbocycles. The molecular formula is C13H9N3O2. The number of pyridine rings is 1. The maximum absolute atomic E-state index is 11.8. The minimum Gasteiger partial charge on any atom is -0.321 e. The van der Waals surface area contributed by atoms with E-state index < -0.39 is 0 Å². The van der Waals surface area contributed by atoms with E-state index in [0.717, 1.165) is 0 Å². The van der Waals surface area contributed by atoms with E-state index in [1.54, 1.807) is 48.8 Å². The highest BCUT2D eigenvalue weighted by Crippen LogP contribution is 2.13. The van der Waals surface area contributed by atoms with Gasteiger partial charge in [0.25, 0.3) is 5.91 Å². The first-order chi connectivity index (χ1) is 8.79. The Morgan fingerprint density at radius 1 is 1.22 bits per heavy atom. The van der Waals surface area contributed by atoms with Crippen molar-refractivity contribution in [1.82, 2.24) is 4.98 Å². The average molecular weight is 239 g/mol. The zero-order chi connectivity index (χ0) is 12.8. The van der Waals surface area contributed by atoms with Gasteiger partial charge in [-0.15, -0.1) is 0 Å². The van der Waals surface area contributed by atoms with Crippen molar-refractivity contribution in [1.29, 1.82) is 0 Å². The molecule has 1 amide bonds. The number of nitrogens with one attached hydrogen (secondary N) is 1. The van der Waals surface area contributed by atoms with Crippen LogP contribution in [0.3, 0.4) is 0 Å². The summed E-state index contributed by atoms with van der Waals surface area (Å²) < 4.78 is 0. The van der Waals surface area contributed by atoms with Crippen molar-refractivity contribution >= 4 is 23.4 Å². The van der Waals surface area contributed by atoms with Gasteiger partial charge in [0, 0.05) is 11.8 Å². The Labute approximate surface area is 103 Å². The second-order valence-electron chi connectivity index (χ2n) is 3.45. The number of amides is 1. The van der Waals surface area contributed by atoms with Crippen molar-refractivity contribution in [2.45, 2.75) is 0 Å². The van der Waals surface area contributed by atoms with Crippen molar-refractivity contribution in [3.8, 4) is 0 Å². The molecular weight excluding hydrogens is 230 g/mol. The van der Waals surface area contributed by atoms with Crippen LogP contribution in [0.5, 0.6) is 0 Å². The van der Waals surface area contributed by atoms with E-state index in [2.05, 4.69) is 15.3 Å². The molecule has 18 heavy (non-hydrogen) atoms. The lowest BCUT2D eigenvalue weighted by atomic mass is 10.2. The summed E-state index contributed by atoms with van der Waals surface area (Å²) in [5.74, 6) is -0.246. The molecule has 0 aliphatic rings. The Kier molecular flexibility index (Phi) is 3.59. The van der Waals surface area contributed by atoms with Gasteiger partial charge in [-0.05, 0) is 36.4 Å². The van der Waals surface area contributed by atoms with Gasteiger partial charge in [0.15, 0.2) is 0 Å². The number of carbonyl (C=O) groups excluding carboxylic acids is 2. The summed E-state index contributed by atoms with van der Waals surface area (Å²) in [5.41, 5.74) is 1.56. The normalized spacial score (nSPS) is 9.33. The fourth-order valence-corrected chi connectivity index (χ4v) is 1.38. The lowest BCUT2D eigenvalue weighted by molar-refractivity contribution is 0.102. The van der Waals surface area contributed by atoms with E-state index in [1.165, 1.54) is 6.08 Å². The van der Waals surface area contributed by atoms with Crippen molar-refractivity contribution in [3.63, 3.8) is 0 Å². The Bertz CT molecular complexity index is 587. The van der Waals surface area contributed by atoms with Crippen LogP contribution >= 0.6 is 0 Å². The van der Waals surface area contributed by atoms with Gasteiger partial charge in [0.1, 0.15) is 0 Å². The monoisotopic (exact) mass is 239 g/mol. The van der Waals surface area contributed by atoms with Gasteiger partial charge in [0.05, 0.1) is 17.6 Å². The van der Waals surface area contributed by atoms with Gasteiger partial charge in [0.2, 0.25) is 6.08 Å². The fourth-order valence-electron chi connectivity index (χ4n) is 1.38. The largest absolute Gasteiger partial charge is 0.321 e. The van der Waals surface area contributed by atoms with Gasteiger partial charge < -0.3 is 5.32 Å².